The van der Waals surface area contributed by atoms with Crippen molar-refractivity contribution in [3.8, 4) is 0 Å². The quantitative estimate of drug-likeness (QED) is 0.802. The number of likely N-dealkylation sites (N-methyl/N-ethyl adjacent to an activating group) is 1. The standard InChI is InChI=1S/C12H20N4/c1-10(13)11-4-3-5-14-12(11)16-8-6-15(2)7-9-16/h3-5,10H,6-9,13H2,1-2H3/t10-/m0/s1. The SMILES string of the molecule is C[C@H](N)c1cccnc1N1CCN(C)CC1. The zero-order chi connectivity index (χ0) is 11.5. The van der Waals surface area contributed by atoms with E-state index >= 15 is 0 Å². The summed E-state index contributed by atoms with van der Waals surface area (Å²) in [5.41, 5.74) is 7.12. The van der Waals surface area contributed by atoms with Gasteiger partial charge in [0.25, 0.3) is 0 Å². The van der Waals surface area contributed by atoms with Gasteiger partial charge in [-0.15, -0.1) is 0 Å². The molecule has 4 heteroatoms. The summed E-state index contributed by atoms with van der Waals surface area (Å²) in [5.74, 6) is 1.06. The topological polar surface area (TPSA) is 45.4 Å². The van der Waals surface area contributed by atoms with Crippen LogP contribution in [0.3, 0.4) is 0 Å². The van der Waals surface area contributed by atoms with E-state index in [1.165, 1.54) is 0 Å². The first-order valence-corrected chi connectivity index (χ1v) is 5.82. The third kappa shape index (κ3) is 2.33. The molecule has 0 aromatic carbocycles. The number of hydrogen-bond donors (Lipinski definition) is 1. The van der Waals surface area contributed by atoms with Crippen LogP contribution in [0.5, 0.6) is 0 Å². The van der Waals surface area contributed by atoms with E-state index in [1.807, 2.05) is 19.2 Å². The Labute approximate surface area is 97.1 Å². The Bertz CT molecular complexity index is 343. The van der Waals surface area contributed by atoms with Crippen LogP contribution in [0, 0.1) is 0 Å². The summed E-state index contributed by atoms with van der Waals surface area (Å²) in [6.07, 6.45) is 1.85. The monoisotopic (exact) mass is 220 g/mol. The van der Waals surface area contributed by atoms with Crippen molar-refractivity contribution in [2.24, 2.45) is 5.73 Å². The van der Waals surface area contributed by atoms with Gasteiger partial charge in [0.1, 0.15) is 5.82 Å². The third-order valence-corrected chi connectivity index (χ3v) is 3.11. The van der Waals surface area contributed by atoms with Crippen molar-refractivity contribution in [1.29, 1.82) is 0 Å². The summed E-state index contributed by atoms with van der Waals surface area (Å²) in [6.45, 7) is 6.26. The number of pyridine rings is 1. The minimum atomic E-state index is 0.0448. The maximum Gasteiger partial charge on any atom is 0.133 e. The van der Waals surface area contributed by atoms with Gasteiger partial charge in [0, 0.05) is 44.0 Å². The number of anilines is 1. The van der Waals surface area contributed by atoms with Gasteiger partial charge in [-0.1, -0.05) is 6.07 Å². The van der Waals surface area contributed by atoms with E-state index in [1.54, 1.807) is 0 Å². The lowest BCUT2D eigenvalue weighted by Crippen LogP contribution is -2.45. The first-order chi connectivity index (χ1) is 7.68. The van der Waals surface area contributed by atoms with Crippen molar-refractivity contribution in [2.45, 2.75) is 13.0 Å². The fourth-order valence-electron chi connectivity index (χ4n) is 2.05. The van der Waals surface area contributed by atoms with Crippen molar-refractivity contribution >= 4 is 5.82 Å². The fourth-order valence-corrected chi connectivity index (χ4v) is 2.05. The van der Waals surface area contributed by atoms with Gasteiger partial charge in [-0.2, -0.15) is 0 Å². The molecule has 1 saturated heterocycles. The van der Waals surface area contributed by atoms with Crippen LogP contribution < -0.4 is 10.6 Å². The zero-order valence-corrected chi connectivity index (χ0v) is 10.1. The molecule has 88 valence electrons. The molecule has 16 heavy (non-hydrogen) atoms. The van der Waals surface area contributed by atoms with Crippen LogP contribution >= 0.6 is 0 Å². The van der Waals surface area contributed by atoms with E-state index in [0.717, 1.165) is 37.6 Å². The first kappa shape index (κ1) is 11.4. The average molecular weight is 220 g/mol. The zero-order valence-electron chi connectivity index (χ0n) is 10.1. The molecule has 1 aromatic heterocycles. The Morgan fingerprint density at radius 1 is 1.31 bits per heavy atom. The molecule has 2 N–H and O–H groups in total. The highest BCUT2D eigenvalue weighted by Gasteiger charge is 2.18. The average Bonchev–Trinajstić information content (AvgIpc) is 2.30. The summed E-state index contributed by atoms with van der Waals surface area (Å²) >= 11 is 0. The molecule has 1 fully saturated rings. The van der Waals surface area contributed by atoms with Crippen LogP contribution in [0.25, 0.3) is 0 Å². The molecule has 1 aromatic rings. The maximum absolute atomic E-state index is 5.97. The van der Waals surface area contributed by atoms with E-state index in [4.69, 9.17) is 5.73 Å². The molecular weight excluding hydrogens is 200 g/mol. The molecule has 0 aliphatic carbocycles. The largest absolute Gasteiger partial charge is 0.354 e. The predicted octanol–water partition coefficient (Wildman–Crippen LogP) is 0.853. The molecule has 0 bridgehead atoms. The van der Waals surface area contributed by atoms with Crippen LogP contribution in [0.1, 0.15) is 18.5 Å². The molecule has 4 nitrogen and oxygen atoms in total. The highest BCUT2D eigenvalue weighted by atomic mass is 15.3. The van der Waals surface area contributed by atoms with Crippen LogP contribution in [0.4, 0.5) is 5.82 Å². The number of nitrogens with two attached hydrogens (primary N) is 1. The molecule has 0 radical (unpaired) electrons. The summed E-state index contributed by atoms with van der Waals surface area (Å²) in [6, 6.07) is 4.08. The third-order valence-electron chi connectivity index (χ3n) is 3.11. The van der Waals surface area contributed by atoms with E-state index in [-0.39, 0.29) is 6.04 Å². The summed E-state index contributed by atoms with van der Waals surface area (Å²) < 4.78 is 0. The smallest absolute Gasteiger partial charge is 0.133 e. The van der Waals surface area contributed by atoms with Crippen molar-refractivity contribution in [2.75, 3.05) is 38.1 Å². The predicted molar refractivity (Wildman–Crippen MR) is 66.5 cm³/mol. The Kier molecular flexibility index (Phi) is 3.41. The van der Waals surface area contributed by atoms with Gasteiger partial charge in [-0.25, -0.2) is 4.98 Å². The minimum absolute atomic E-state index is 0.0448. The van der Waals surface area contributed by atoms with Gasteiger partial charge in [0.05, 0.1) is 0 Å². The Balaban J connectivity index is 2.19. The van der Waals surface area contributed by atoms with Crippen LogP contribution in [-0.4, -0.2) is 43.1 Å². The van der Waals surface area contributed by atoms with Gasteiger partial charge < -0.3 is 15.5 Å². The van der Waals surface area contributed by atoms with Crippen LogP contribution in [0.2, 0.25) is 0 Å². The van der Waals surface area contributed by atoms with Crippen molar-refractivity contribution in [3.63, 3.8) is 0 Å². The van der Waals surface area contributed by atoms with Gasteiger partial charge in [0.2, 0.25) is 0 Å². The second kappa shape index (κ2) is 4.80. The molecule has 2 heterocycles. The Hall–Kier alpha value is -1.13. The molecule has 2 rings (SSSR count). The number of nitrogens with zero attached hydrogens (tertiary/aromatic N) is 3. The number of aromatic nitrogens is 1. The molecule has 0 unspecified atom stereocenters. The van der Waals surface area contributed by atoms with Crippen molar-refractivity contribution in [3.05, 3.63) is 23.9 Å². The molecule has 1 aliphatic rings. The lowest BCUT2D eigenvalue weighted by atomic mass is 10.1. The van der Waals surface area contributed by atoms with Gasteiger partial charge >= 0.3 is 0 Å². The molecule has 0 spiro atoms. The Morgan fingerprint density at radius 3 is 2.62 bits per heavy atom. The van der Waals surface area contributed by atoms with E-state index < -0.39 is 0 Å². The van der Waals surface area contributed by atoms with Crippen LogP contribution in [0.15, 0.2) is 18.3 Å². The van der Waals surface area contributed by atoms with Gasteiger partial charge in [-0.05, 0) is 20.0 Å². The molecule has 0 amide bonds. The fraction of sp³-hybridized carbons (Fsp3) is 0.583. The Morgan fingerprint density at radius 2 is 2.00 bits per heavy atom. The van der Waals surface area contributed by atoms with Crippen molar-refractivity contribution in [1.82, 2.24) is 9.88 Å². The lowest BCUT2D eigenvalue weighted by molar-refractivity contribution is 0.311. The minimum Gasteiger partial charge on any atom is -0.354 e. The lowest BCUT2D eigenvalue weighted by Gasteiger charge is -2.34. The highest BCUT2D eigenvalue weighted by Crippen LogP contribution is 2.22. The molecular formula is C12H20N4. The highest BCUT2D eigenvalue weighted by molar-refractivity contribution is 5.48. The van der Waals surface area contributed by atoms with E-state index in [2.05, 4.69) is 27.9 Å². The summed E-state index contributed by atoms with van der Waals surface area (Å²) in [4.78, 5) is 9.15. The second-order valence-electron chi connectivity index (χ2n) is 4.50. The number of piperazine rings is 1. The van der Waals surface area contributed by atoms with Gasteiger partial charge in [-0.3, -0.25) is 0 Å². The maximum atomic E-state index is 5.97. The molecule has 1 atom stereocenters. The van der Waals surface area contributed by atoms with E-state index in [9.17, 15) is 0 Å². The summed E-state index contributed by atoms with van der Waals surface area (Å²) in [7, 11) is 2.15. The molecule has 1 aliphatic heterocycles. The van der Waals surface area contributed by atoms with E-state index in [0.29, 0.717) is 0 Å². The summed E-state index contributed by atoms with van der Waals surface area (Å²) in [5, 5.41) is 0. The molecule has 0 saturated carbocycles. The second-order valence-corrected chi connectivity index (χ2v) is 4.50. The number of rotatable bonds is 2. The van der Waals surface area contributed by atoms with Crippen LogP contribution in [-0.2, 0) is 0 Å². The first-order valence-electron chi connectivity index (χ1n) is 5.82. The van der Waals surface area contributed by atoms with Gasteiger partial charge in [0.15, 0.2) is 0 Å². The number of hydrogen-bond acceptors (Lipinski definition) is 4. The normalized spacial score (nSPS) is 19.8. The van der Waals surface area contributed by atoms with Crippen molar-refractivity contribution < 1.29 is 0 Å².